The number of carbonyl (C=O) groups excluding carboxylic acids is 1. The van der Waals surface area contributed by atoms with Crippen LogP contribution in [0.25, 0.3) is 0 Å². The number of hydrogen-bond donors (Lipinski definition) is 3. The SMILES string of the molecule is CC[C@H](N)C(=O)Nc1cccc(NS(C)(=O)=O)c1.Cl. The highest BCUT2D eigenvalue weighted by Crippen LogP contribution is 2.16. The van der Waals surface area contributed by atoms with Crippen LogP contribution in [0.2, 0.25) is 0 Å². The number of sulfonamides is 1. The van der Waals surface area contributed by atoms with E-state index < -0.39 is 16.1 Å². The van der Waals surface area contributed by atoms with E-state index in [4.69, 9.17) is 5.73 Å². The highest BCUT2D eigenvalue weighted by molar-refractivity contribution is 7.92. The molecule has 0 bridgehead atoms. The fraction of sp³-hybridized carbons (Fsp3) is 0.364. The van der Waals surface area contributed by atoms with Gasteiger partial charge in [-0.05, 0) is 24.6 Å². The van der Waals surface area contributed by atoms with E-state index in [0.717, 1.165) is 6.26 Å². The molecule has 0 saturated carbocycles. The minimum atomic E-state index is -3.33. The average molecular weight is 308 g/mol. The van der Waals surface area contributed by atoms with Crippen molar-refractivity contribution in [1.82, 2.24) is 0 Å². The maximum atomic E-state index is 11.6. The molecule has 0 unspecified atom stereocenters. The van der Waals surface area contributed by atoms with Crippen LogP contribution in [0, 0.1) is 0 Å². The maximum Gasteiger partial charge on any atom is 0.241 e. The largest absolute Gasteiger partial charge is 0.325 e. The molecule has 0 aromatic heterocycles. The first-order valence-corrected chi connectivity index (χ1v) is 7.35. The van der Waals surface area contributed by atoms with E-state index in [1.54, 1.807) is 18.2 Å². The van der Waals surface area contributed by atoms with Crippen molar-refractivity contribution in [3.8, 4) is 0 Å². The quantitative estimate of drug-likeness (QED) is 0.759. The molecule has 8 heteroatoms. The first-order chi connectivity index (χ1) is 8.31. The number of nitrogens with one attached hydrogen (secondary N) is 2. The molecule has 0 heterocycles. The van der Waals surface area contributed by atoms with Crippen LogP contribution in [0.5, 0.6) is 0 Å². The monoisotopic (exact) mass is 307 g/mol. The number of anilines is 2. The Hall–Kier alpha value is -1.31. The van der Waals surface area contributed by atoms with Crippen molar-refractivity contribution in [2.24, 2.45) is 5.73 Å². The lowest BCUT2D eigenvalue weighted by molar-refractivity contribution is -0.117. The first kappa shape index (κ1) is 17.7. The van der Waals surface area contributed by atoms with Gasteiger partial charge in [-0.25, -0.2) is 8.42 Å². The molecule has 1 rings (SSSR count). The topological polar surface area (TPSA) is 101 Å². The molecule has 0 spiro atoms. The molecular weight excluding hydrogens is 290 g/mol. The molecule has 0 radical (unpaired) electrons. The smallest absolute Gasteiger partial charge is 0.241 e. The van der Waals surface area contributed by atoms with Crippen molar-refractivity contribution in [3.05, 3.63) is 24.3 Å². The summed E-state index contributed by atoms with van der Waals surface area (Å²) >= 11 is 0. The second-order valence-corrected chi connectivity index (χ2v) is 5.71. The van der Waals surface area contributed by atoms with Crippen molar-refractivity contribution < 1.29 is 13.2 Å². The second kappa shape index (κ2) is 7.32. The highest BCUT2D eigenvalue weighted by Gasteiger charge is 2.11. The molecule has 1 aromatic carbocycles. The van der Waals surface area contributed by atoms with E-state index in [9.17, 15) is 13.2 Å². The Labute approximate surface area is 119 Å². The van der Waals surface area contributed by atoms with Gasteiger partial charge in [0.2, 0.25) is 15.9 Å². The van der Waals surface area contributed by atoms with Gasteiger partial charge in [0.1, 0.15) is 0 Å². The molecule has 6 nitrogen and oxygen atoms in total. The standard InChI is InChI=1S/C11H17N3O3S.ClH/c1-3-10(12)11(15)13-8-5-4-6-9(7-8)14-18(2,16)17;/h4-7,10,14H,3,12H2,1-2H3,(H,13,15);1H/t10-;/m0./s1. The lowest BCUT2D eigenvalue weighted by Gasteiger charge is -2.11. The van der Waals surface area contributed by atoms with Crippen molar-refractivity contribution in [2.45, 2.75) is 19.4 Å². The number of rotatable bonds is 5. The number of nitrogens with two attached hydrogens (primary N) is 1. The fourth-order valence-corrected chi connectivity index (χ4v) is 1.85. The first-order valence-electron chi connectivity index (χ1n) is 5.46. The van der Waals surface area contributed by atoms with E-state index in [-0.39, 0.29) is 18.3 Å². The Bertz CT molecular complexity index is 534. The lowest BCUT2D eigenvalue weighted by Crippen LogP contribution is -2.34. The number of hydrogen-bond acceptors (Lipinski definition) is 4. The van der Waals surface area contributed by atoms with Crippen LogP contribution in [0.4, 0.5) is 11.4 Å². The minimum Gasteiger partial charge on any atom is -0.325 e. The second-order valence-electron chi connectivity index (χ2n) is 3.96. The summed E-state index contributed by atoms with van der Waals surface area (Å²) in [4.78, 5) is 11.6. The van der Waals surface area contributed by atoms with Gasteiger partial charge in [0, 0.05) is 5.69 Å². The zero-order valence-corrected chi connectivity index (χ0v) is 12.3. The maximum absolute atomic E-state index is 11.6. The van der Waals surface area contributed by atoms with Gasteiger partial charge in [-0.15, -0.1) is 12.4 Å². The molecule has 19 heavy (non-hydrogen) atoms. The molecule has 0 aliphatic rings. The molecule has 108 valence electrons. The summed E-state index contributed by atoms with van der Waals surface area (Å²) in [5.74, 6) is -0.297. The van der Waals surface area contributed by atoms with Crippen LogP contribution in [0.3, 0.4) is 0 Å². The molecule has 0 aliphatic heterocycles. The van der Waals surface area contributed by atoms with Gasteiger partial charge in [0.25, 0.3) is 0 Å². The van der Waals surface area contributed by atoms with Gasteiger partial charge in [0.05, 0.1) is 18.0 Å². The van der Waals surface area contributed by atoms with Crippen LogP contribution in [-0.2, 0) is 14.8 Å². The zero-order chi connectivity index (χ0) is 13.8. The van der Waals surface area contributed by atoms with Gasteiger partial charge in [-0.1, -0.05) is 13.0 Å². The lowest BCUT2D eigenvalue weighted by atomic mass is 10.2. The summed E-state index contributed by atoms with van der Waals surface area (Å²) in [5.41, 5.74) is 6.47. The van der Waals surface area contributed by atoms with Gasteiger partial charge >= 0.3 is 0 Å². The number of carbonyl (C=O) groups is 1. The normalized spacial score (nSPS) is 12.2. The molecule has 1 aromatic rings. The van der Waals surface area contributed by atoms with E-state index in [1.807, 2.05) is 6.92 Å². The van der Waals surface area contributed by atoms with Gasteiger partial charge in [0.15, 0.2) is 0 Å². The summed E-state index contributed by atoms with van der Waals surface area (Å²) in [6.45, 7) is 1.81. The van der Waals surface area contributed by atoms with Crippen LogP contribution in [-0.4, -0.2) is 26.6 Å². The minimum absolute atomic E-state index is 0. The predicted octanol–water partition coefficient (Wildman–Crippen LogP) is 1.16. The summed E-state index contributed by atoms with van der Waals surface area (Å²) < 4.78 is 24.5. The van der Waals surface area contributed by atoms with Crippen molar-refractivity contribution in [3.63, 3.8) is 0 Å². The molecule has 1 atom stereocenters. The van der Waals surface area contributed by atoms with Crippen LogP contribution >= 0.6 is 12.4 Å². The van der Waals surface area contributed by atoms with E-state index in [1.165, 1.54) is 6.07 Å². The molecular formula is C11H18ClN3O3S. The van der Waals surface area contributed by atoms with E-state index in [2.05, 4.69) is 10.0 Å². The van der Waals surface area contributed by atoms with E-state index >= 15 is 0 Å². The fourth-order valence-electron chi connectivity index (χ4n) is 1.29. The van der Waals surface area contributed by atoms with Crippen molar-refractivity contribution in [2.75, 3.05) is 16.3 Å². The third kappa shape index (κ3) is 6.42. The molecule has 1 amide bonds. The van der Waals surface area contributed by atoms with Crippen LogP contribution in [0.15, 0.2) is 24.3 Å². The third-order valence-electron chi connectivity index (χ3n) is 2.21. The number of benzene rings is 1. The zero-order valence-electron chi connectivity index (χ0n) is 10.7. The Kier molecular flexibility index (Phi) is 6.82. The summed E-state index contributed by atoms with van der Waals surface area (Å²) in [5, 5.41) is 2.62. The van der Waals surface area contributed by atoms with Gasteiger partial charge in [-0.3, -0.25) is 9.52 Å². The predicted molar refractivity (Wildman–Crippen MR) is 79.1 cm³/mol. The molecule has 0 aliphatic carbocycles. The summed E-state index contributed by atoms with van der Waals surface area (Å²) in [7, 11) is -3.33. The molecule has 0 fully saturated rings. The van der Waals surface area contributed by atoms with Crippen molar-refractivity contribution >= 4 is 39.7 Å². The number of amides is 1. The Balaban J connectivity index is 0.00000324. The average Bonchev–Trinajstić information content (AvgIpc) is 2.26. The Morgan fingerprint density at radius 2 is 1.95 bits per heavy atom. The Morgan fingerprint density at radius 1 is 1.37 bits per heavy atom. The van der Waals surface area contributed by atoms with Crippen LogP contribution < -0.4 is 15.8 Å². The van der Waals surface area contributed by atoms with Crippen LogP contribution in [0.1, 0.15) is 13.3 Å². The summed E-state index contributed by atoms with van der Waals surface area (Å²) in [6, 6.07) is 5.85. The summed E-state index contributed by atoms with van der Waals surface area (Å²) in [6.07, 6.45) is 1.60. The number of halogens is 1. The molecule has 0 saturated heterocycles. The highest BCUT2D eigenvalue weighted by atomic mass is 35.5. The molecule has 4 N–H and O–H groups in total. The van der Waals surface area contributed by atoms with Gasteiger partial charge in [-0.2, -0.15) is 0 Å². The van der Waals surface area contributed by atoms with Crippen molar-refractivity contribution in [1.29, 1.82) is 0 Å². The Morgan fingerprint density at radius 3 is 2.47 bits per heavy atom. The third-order valence-corrected chi connectivity index (χ3v) is 2.82. The van der Waals surface area contributed by atoms with E-state index in [0.29, 0.717) is 17.8 Å². The van der Waals surface area contributed by atoms with Gasteiger partial charge < -0.3 is 11.1 Å².